The van der Waals surface area contributed by atoms with E-state index in [0.29, 0.717) is 12.5 Å². The number of hydrogen-bond donors (Lipinski definition) is 1. The van der Waals surface area contributed by atoms with Crippen LogP contribution in [0, 0.1) is 0 Å². The lowest BCUT2D eigenvalue weighted by molar-refractivity contribution is 0.724. The molecule has 0 radical (unpaired) electrons. The van der Waals surface area contributed by atoms with Gasteiger partial charge in [-0.2, -0.15) is 10.2 Å². The SMILES string of the molecule is CC(C)c1nn(C)c2nc(-c3ccccc3)cc(NCc3ncn(C)n3)c12. The van der Waals surface area contributed by atoms with Crippen LogP contribution in [0.2, 0.25) is 0 Å². The van der Waals surface area contributed by atoms with Crippen molar-refractivity contribution < 1.29 is 0 Å². The largest absolute Gasteiger partial charge is 0.377 e. The van der Waals surface area contributed by atoms with Crippen LogP contribution in [0.4, 0.5) is 5.69 Å². The maximum absolute atomic E-state index is 4.89. The van der Waals surface area contributed by atoms with Gasteiger partial charge >= 0.3 is 0 Å². The number of benzene rings is 1. The molecule has 0 spiro atoms. The average molecular weight is 361 g/mol. The Morgan fingerprint density at radius 2 is 1.85 bits per heavy atom. The second-order valence-electron chi connectivity index (χ2n) is 6.97. The van der Waals surface area contributed by atoms with Gasteiger partial charge in [0.1, 0.15) is 6.33 Å². The Labute approximate surface area is 158 Å². The van der Waals surface area contributed by atoms with E-state index < -0.39 is 0 Å². The molecule has 27 heavy (non-hydrogen) atoms. The van der Waals surface area contributed by atoms with Gasteiger partial charge in [-0.3, -0.25) is 9.36 Å². The summed E-state index contributed by atoms with van der Waals surface area (Å²) in [6.07, 6.45) is 1.71. The Morgan fingerprint density at radius 1 is 1.07 bits per heavy atom. The zero-order valence-corrected chi connectivity index (χ0v) is 16.0. The summed E-state index contributed by atoms with van der Waals surface area (Å²) in [5.74, 6) is 1.05. The molecule has 3 heterocycles. The number of nitrogens with zero attached hydrogens (tertiary/aromatic N) is 6. The molecule has 4 aromatic rings. The van der Waals surface area contributed by atoms with E-state index in [0.717, 1.165) is 39.5 Å². The molecule has 0 atom stereocenters. The highest BCUT2D eigenvalue weighted by atomic mass is 15.3. The van der Waals surface area contributed by atoms with Crippen LogP contribution in [0.25, 0.3) is 22.3 Å². The monoisotopic (exact) mass is 361 g/mol. The fraction of sp³-hybridized carbons (Fsp3) is 0.300. The smallest absolute Gasteiger partial charge is 0.169 e. The van der Waals surface area contributed by atoms with Crippen molar-refractivity contribution in [1.82, 2.24) is 29.5 Å². The van der Waals surface area contributed by atoms with Crippen molar-refractivity contribution in [2.75, 3.05) is 5.32 Å². The van der Waals surface area contributed by atoms with Gasteiger partial charge in [0.15, 0.2) is 11.5 Å². The first-order chi connectivity index (χ1) is 13.0. The van der Waals surface area contributed by atoms with Crippen LogP contribution < -0.4 is 5.32 Å². The van der Waals surface area contributed by atoms with E-state index in [9.17, 15) is 0 Å². The summed E-state index contributed by atoms with van der Waals surface area (Å²) < 4.78 is 3.57. The Bertz CT molecular complexity index is 1080. The van der Waals surface area contributed by atoms with E-state index >= 15 is 0 Å². The van der Waals surface area contributed by atoms with Crippen LogP contribution in [-0.4, -0.2) is 29.5 Å². The van der Waals surface area contributed by atoms with E-state index in [4.69, 9.17) is 10.1 Å². The highest BCUT2D eigenvalue weighted by molar-refractivity contribution is 5.94. The summed E-state index contributed by atoms with van der Waals surface area (Å²) in [6, 6.07) is 12.3. The van der Waals surface area contributed by atoms with E-state index in [1.165, 1.54) is 0 Å². The standard InChI is InChI=1S/C20H23N7/c1-13(2)19-18-16(21-11-17-22-12-26(3)24-17)10-15(14-8-6-5-7-9-14)23-20(18)27(4)25-19/h5-10,12-13H,11H2,1-4H3,(H,21,23). The predicted octanol–water partition coefficient (Wildman–Crippen LogP) is 3.50. The maximum atomic E-state index is 4.89. The number of pyridine rings is 1. The molecule has 1 N–H and O–H groups in total. The fourth-order valence-electron chi connectivity index (χ4n) is 3.22. The first-order valence-corrected chi connectivity index (χ1v) is 9.04. The van der Waals surface area contributed by atoms with Gasteiger partial charge in [0.2, 0.25) is 0 Å². The highest BCUT2D eigenvalue weighted by Gasteiger charge is 2.19. The van der Waals surface area contributed by atoms with Crippen LogP contribution in [0.5, 0.6) is 0 Å². The zero-order valence-electron chi connectivity index (χ0n) is 16.0. The maximum Gasteiger partial charge on any atom is 0.169 e. The second-order valence-corrected chi connectivity index (χ2v) is 6.97. The van der Waals surface area contributed by atoms with Crippen LogP contribution >= 0.6 is 0 Å². The van der Waals surface area contributed by atoms with Gasteiger partial charge in [0, 0.05) is 25.3 Å². The molecule has 7 heteroatoms. The summed E-state index contributed by atoms with van der Waals surface area (Å²) >= 11 is 0. The Kier molecular flexibility index (Phi) is 4.35. The second kappa shape index (κ2) is 6.83. The Morgan fingerprint density at radius 3 is 2.52 bits per heavy atom. The van der Waals surface area contributed by atoms with E-state index in [-0.39, 0.29) is 0 Å². The molecule has 0 aliphatic rings. The normalized spacial score (nSPS) is 11.4. The molecular formula is C20H23N7. The van der Waals surface area contributed by atoms with Gasteiger partial charge in [0.25, 0.3) is 0 Å². The average Bonchev–Trinajstić information content (AvgIpc) is 3.24. The molecule has 0 amide bonds. The minimum Gasteiger partial charge on any atom is -0.377 e. The molecular weight excluding hydrogens is 338 g/mol. The third kappa shape index (κ3) is 3.28. The van der Waals surface area contributed by atoms with Crippen LogP contribution in [-0.2, 0) is 20.6 Å². The first kappa shape index (κ1) is 17.2. The van der Waals surface area contributed by atoms with Gasteiger partial charge in [-0.15, -0.1) is 0 Å². The number of fused-ring (bicyclic) bond motifs is 1. The number of rotatable bonds is 5. The zero-order chi connectivity index (χ0) is 19.0. The van der Waals surface area contributed by atoms with Gasteiger partial charge in [-0.05, 0) is 12.0 Å². The van der Waals surface area contributed by atoms with Crippen LogP contribution in [0.15, 0.2) is 42.7 Å². The highest BCUT2D eigenvalue weighted by Crippen LogP contribution is 2.33. The van der Waals surface area contributed by atoms with Gasteiger partial charge in [0.05, 0.1) is 23.3 Å². The molecule has 138 valence electrons. The third-order valence-electron chi connectivity index (χ3n) is 4.52. The lowest BCUT2D eigenvalue weighted by Gasteiger charge is -2.11. The molecule has 7 nitrogen and oxygen atoms in total. The quantitative estimate of drug-likeness (QED) is 0.589. The minimum absolute atomic E-state index is 0.298. The fourth-order valence-corrected chi connectivity index (χ4v) is 3.22. The summed E-state index contributed by atoms with van der Waals surface area (Å²) in [5, 5.41) is 13.6. The molecule has 0 aliphatic heterocycles. The molecule has 4 rings (SSSR count). The van der Waals surface area contributed by atoms with Crippen LogP contribution in [0.1, 0.15) is 31.3 Å². The van der Waals surface area contributed by atoms with Crippen molar-refractivity contribution in [2.45, 2.75) is 26.3 Å². The number of anilines is 1. The topological polar surface area (TPSA) is 73.5 Å². The Balaban J connectivity index is 1.84. The third-order valence-corrected chi connectivity index (χ3v) is 4.52. The van der Waals surface area contributed by atoms with Gasteiger partial charge in [-0.1, -0.05) is 44.2 Å². The van der Waals surface area contributed by atoms with Crippen LogP contribution in [0.3, 0.4) is 0 Å². The molecule has 0 unspecified atom stereocenters. The molecule has 0 saturated carbocycles. The molecule has 0 aliphatic carbocycles. The molecule has 3 aromatic heterocycles. The van der Waals surface area contributed by atoms with Crippen molar-refractivity contribution in [3.8, 4) is 11.3 Å². The summed E-state index contributed by atoms with van der Waals surface area (Å²) in [5.41, 5.74) is 4.90. The van der Waals surface area contributed by atoms with Crippen molar-refractivity contribution in [3.63, 3.8) is 0 Å². The summed E-state index contributed by atoms with van der Waals surface area (Å²) in [6.45, 7) is 4.84. The Hall–Kier alpha value is -3.22. The van der Waals surface area contributed by atoms with E-state index in [1.54, 1.807) is 11.0 Å². The number of hydrogen-bond acceptors (Lipinski definition) is 5. The van der Waals surface area contributed by atoms with E-state index in [1.807, 2.05) is 37.0 Å². The molecule has 1 aromatic carbocycles. The lowest BCUT2D eigenvalue weighted by Crippen LogP contribution is -2.04. The van der Waals surface area contributed by atoms with Crippen molar-refractivity contribution in [2.24, 2.45) is 14.1 Å². The van der Waals surface area contributed by atoms with Crippen molar-refractivity contribution >= 4 is 16.7 Å². The predicted molar refractivity (Wildman–Crippen MR) is 106 cm³/mol. The number of aryl methyl sites for hydroxylation is 2. The van der Waals surface area contributed by atoms with E-state index in [2.05, 4.69) is 47.4 Å². The van der Waals surface area contributed by atoms with Crippen molar-refractivity contribution in [3.05, 3.63) is 54.2 Å². The molecule has 0 bridgehead atoms. The number of aromatic nitrogens is 6. The molecule has 0 fully saturated rings. The molecule has 0 saturated heterocycles. The summed E-state index contributed by atoms with van der Waals surface area (Å²) in [4.78, 5) is 9.20. The summed E-state index contributed by atoms with van der Waals surface area (Å²) in [7, 11) is 3.81. The van der Waals surface area contributed by atoms with Gasteiger partial charge < -0.3 is 5.32 Å². The number of nitrogens with one attached hydrogen (secondary N) is 1. The van der Waals surface area contributed by atoms with Gasteiger partial charge in [-0.25, -0.2) is 9.97 Å². The lowest BCUT2D eigenvalue weighted by atomic mass is 10.0. The minimum atomic E-state index is 0.298. The first-order valence-electron chi connectivity index (χ1n) is 9.04. The van der Waals surface area contributed by atoms with Crippen molar-refractivity contribution in [1.29, 1.82) is 0 Å².